The van der Waals surface area contributed by atoms with Crippen molar-refractivity contribution in [2.24, 2.45) is 5.92 Å². The third-order valence-electron chi connectivity index (χ3n) is 3.20. The van der Waals surface area contributed by atoms with Crippen molar-refractivity contribution < 1.29 is 24.2 Å². The van der Waals surface area contributed by atoms with Crippen LogP contribution in [-0.4, -0.2) is 48.7 Å². The number of anilines is 1. The lowest BCUT2D eigenvalue weighted by atomic mass is 10.1. The van der Waals surface area contributed by atoms with Gasteiger partial charge in [0.2, 0.25) is 0 Å². The quantitative estimate of drug-likeness (QED) is 0.811. The van der Waals surface area contributed by atoms with Crippen molar-refractivity contribution in [2.75, 3.05) is 26.0 Å². The van der Waals surface area contributed by atoms with Gasteiger partial charge in [0.05, 0.1) is 18.6 Å². The predicted octanol–water partition coefficient (Wildman–Crippen LogP) is 1.97. The van der Waals surface area contributed by atoms with Crippen LogP contribution in [-0.2, 0) is 9.53 Å². The number of carbonyl (C=O) groups excluding carboxylic acids is 2. The van der Waals surface area contributed by atoms with Crippen molar-refractivity contribution in [3.63, 3.8) is 0 Å². The molecule has 1 aromatic carbocycles. The molecule has 0 saturated carbocycles. The molecule has 0 aliphatic carbocycles. The van der Waals surface area contributed by atoms with Crippen molar-refractivity contribution in [1.82, 2.24) is 4.90 Å². The molecular formula is C15H20N2O5. The molecule has 2 amide bonds. The van der Waals surface area contributed by atoms with Gasteiger partial charge < -0.3 is 20.1 Å². The number of hydrogen-bond acceptors (Lipinski definition) is 4. The van der Waals surface area contributed by atoms with Crippen LogP contribution in [0.3, 0.4) is 0 Å². The first-order valence-corrected chi connectivity index (χ1v) is 6.70. The van der Waals surface area contributed by atoms with E-state index in [1.165, 1.54) is 26.0 Å². The lowest BCUT2D eigenvalue weighted by Gasteiger charge is -2.20. The summed E-state index contributed by atoms with van der Waals surface area (Å²) in [6.07, 6.45) is 0. The monoisotopic (exact) mass is 308 g/mol. The number of nitrogens with one attached hydrogen (secondary N) is 1. The summed E-state index contributed by atoms with van der Waals surface area (Å²) in [5.41, 5.74) is 1.62. The summed E-state index contributed by atoms with van der Waals surface area (Å²) >= 11 is 0. The molecule has 1 rings (SSSR count). The van der Waals surface area contributed by atoms with E-state index >= 15 is 0 Å². The normalized spacial score (nSPS) is 11.5. The number of nitrogens with zero attached hydrogens (tertiary/aromatic N) is 1. The predicted molar refractivity (Wildman–Crippen MR) is 81.0 cm³/mol. The van der Waals surface area contributed by atoms with Gasteiger partial charge in [0.1, 0.15) is 0 Å². The summed E-state index contributed by atoms with van der Waals surface area (Å²) in [7, 11) is 2.82. The van der Waals surface area contributed by atoms with Crippen LogP contribution in [0.1, 0.15) is 22.8 Å². The Hall–Kier alpha value is -2.57. The number of carbonyl (C=O) groups is 3. The summed E-state index contributed by atoms with van der Waals surface area (Å²) in [5, 5.41) is 11.5. The number of carboxylic acids is 1. The second kappa shape index (κ2) is 7.44. The van der Waals surface area contributed by atoms with Crippen molar-refractivity contribution in [2.45, 2.75) is 13.8 Å². The number of ether oxygens (including phenoxy) is 1. The number of amides is 2. The number of hydrogen-bond donors (Lipinski definition) is 2. The number of carboxylic acid groups (broad SMARTS) is 1. The third-order valence-corrected chi connectivity index (χ3v) is 3.20. The Labute approximate surface area is 128 Å². The SMILES string of the molecule is COC(=O)c1ccc(NC(=O)N(C)CC(C)C(=O)O)cc1C. The molecule has 0 bridgehead atoms. The number of methoxy groups -OCH3 is 1. The number of rotatable bonds is 5. The Morgan fingerprint density at radius 1 is 1.36 bits per heavy atom. The number of urea groups is 1. The molecule has 7 nitrogen and oxygen atoms in total. The maximum Gasteiger partial charge on any atom is 0.338 e. The first kappa shape index (κ1) is 17.5. The Morgan fingerprint density at radius 3 is 2.50 bits per heavy atom. The fourth-order valence-corrected chi connectivity index (χ4v) is 1.87. The third kappa shape index (κ3) is 4.47. The first-order chi connectivity index (χ1) is 10.3. The van der Waals surface area contributed by atoms with Gasteiger partial charge in [-0.3, -0.25) is 4.79 Å². The van der Waals surface area contributed by atoms with Gasteiger partial charge in [-0.25, -0.2) is 9.59 Å². The molecule has 1 unspecified atom stereocenters. The molecule has 0 saturated heterocycles. The highest BCUT2D eigenvalue weighted by Crippen LogP contribution is 2.16. The molecule has 0 fully saturated rings. The molecule has 120 valence electrons. The van der Waals surface area contributed by atoms with E-state index in [0.717, 1.165) is 0 Å². The molecule has 0 radical (unpaired) electrons. The number of aryl methyl sites for hydroxylation is 1. The topological polar surface area (TPSA) is 95.9 Å². The molecule has 2 N–H and O–H groups in total. The van der Waals surface area contributed by atoms with Crippen LogP contribution in [0.5, 0.6) is 0 Å². The molecule has 0 aliphatic rings. The molecular weight excluding hydrogens is 288 g/mol. The zero-order chi connectivity index (χ0) is 16.9. The molecule has 1 aromatic rings. The average molecular weight is 308 g/mol. The Bertz CT molecular complexity index is 585. The lowest BCUT2D eigenvalue weighted by Crippen LogP contribution is -2.36. The summed E-state index contributed by atoms with van der Waals surface area (Å²) < 4.78 is 4.65. The largest absolute Gasteiger partial charge is 0.481 e. The summed E-state index contributed by atoms with van der Waals surface area (Å²) in [6, 6.07) is 4.39. The van der Waals surface area contributed by atoms with Gasteiger partial charge in [-0.15, -0.1) is 0 Å². The highest BCUT2D eigenvalue weighted by atomic mass is 16.5. The highest BCUT2D eigenvalue weighted by Gasteiger charge is 2.18. The summed E-state index contributed by atoms with van der Waals surface area (Å²) in [5.74, 6) is -2.06. The molecule has 0 aromatic heterocycles. The van der Waals surface area contributed by atoms with E-state index < -0.39 is 23.9 Å². The second-order valence-electron chi connectivity index (χ2n) is 5.07. The Kier molecular flexibility index (Phi) is 5.91. The zero-order valence-electron chi connectivity index (χ0n) is 13.0. The van der Waals surface area contributed by atoms with Gasteiger partial charge in [-0.05, 0) is 30.7 Å². The van der Waals surface area contributed by atoms with Crippen molar-refractivity contribution in [3.05, 3.63) is 29.3 Å². The minimum atomic E-state index is -0.960. The Morgan fingerprint density at radius 2 is 2.00 bits per heavy atom. The lowest BCUT2D eigenvalue weighted by molar-refractivity contribution is -0.141. The Balaban J connectivity index is 2.74. The molecule has 0 spiro atoms. The molecule has 7 heteroatoms. The average Bonchev–Trinajstić information content (AvgIpc) is 2.46. The first-order valence-electron chi connectivity index (χ1n) is 6.70. The van der Waals surface area contributed by atoms with E-state index in [4.69, 9.17) is 5.11 Å². The molecule has 0 aliphatic heterocycles. The number of esters is 1. The maximum absolute atomic E-state index is 12.0. The van der Waals surface area contributed by atoms with E-state index in [-0.39, 0.29) is 6.54 Å². The van der Waals surface area contributed by atoms with Crippen molar-refractivity contribution in [3.8, 4) is 0 Å². The van der Waals surface area contributed by atoms with E-state index in [2.05, 4.69) is 10.1 Å². The van der Waals surface area contributed by atoms with Gasteiger partial charge in [-0.2, -0.15) is 0 Å². The molecule has 0 heterocycles. The van der Waals surface area contributed by atoms with Crippen LogP contribution >= 0.6 is 0 Å². The van der Waals surface area contributed by atoms with Gasteiger partial charge in [0.15, 0.2) is 0 Å². The van der Waals surface area contributed by atoms with Crippen LogP contribution in [0.4, 0.5) is 10.5 Å². The van der Waals surface area contributed by atoms with Gasteiger partial charge in [0, 0.05) is 19.3 Å². The van der Waals surface area contributed by atoms with Gasteiger partial charge in [-0.1, -0.05) is 6.92 Å². The number of benzene rings is 1. The van der Waals surface area contributed by atoms with Crippen molar-refractivity contribution >= 4 is 23.7 Å². The van der Waals surface area contributed by atoms with E-state index in [1.807, 2.05) is 0 Å². The van der Waals surface area contributed by atoms with Gasteiger partial charge >= 0.3 is 18.0 Å². The van der Waals surface area contributed by atoms with Crippen LogP contribution in [0.25, 0.3) is 0 Å². The summed E-state index contributed by atoms with van der Waals surface area (Å²) in [4.78, 5) is 35.6. The fourth-order valence-electron chi connectivity index (χ4n) is 1.87. The van der Waals surface area contributed by atoms with Crippen LogP contribution in [0, 0.1) is 12.8 Å². The zero-order valence-corrected chi connectivity index (χ0v) is 13.0. The second-order valence-corrected chi connectivity index (χ2v) is 5.07. The van der Waals surface area contributed by atoms with Crippen LogP contribution in [0.15, 0.2) is 18.2 Å². The maximum atomic E-state index is 12.0. The minimum absolute atomic E-state index is 0.0976. The van der Waals surface area contributed by atoms with E-state index in [0.29, 0.717) is 16.8 Å². The smallest absolute Gasteiger partial charge is 0.338 e. The molecule has 22 heavy (non-hydrogen) atoms. The van der Waals surface area contributed by atoms with Gasteiger partial charge in [0.25, 0.3) is 0 Å². The fraction of sp³-hybridized carbons (Fsp3) is 0.400. The van der Waals surface area contributed by atoms with Crippen LogP contribution < -0.4 is 5.32 Å². The molecule has 1 atom stereocenters. The number of aliphatic carboxylic acids is 1. The standard InChI is InChI=1S/C15H20N2O5/c1-9-7-11(5-6-12(9)14(20)22-4)16-15(21)17(3)8-10(2)13(18)19/h5-7,10H,8H2,1-4H3,(H,16,21)(H,18,19). The van der Waals surface area contributed by atoms with E-state index in [1.54, 1.807) is 25.1 Å². The summed E-state index contributed by atoms with van der Waals surface area (Å²) in [6.45, 7) is 3.36. The van der Waals surface area contributed by atoms with E-state index in [9.17, 15) is 14.4 Å². The van der Waals surface area contributed by atoms with Crippen LogP contribution in [0.2, 0.25) is 0 Å². The van der Waals surface area contributed by atoms with Crippen molar-refractivity contribution in [1.29, 1.82) is 0 Å². The highest BCUT2D eigenvalue weighted by molar-refractivity contribution is 5.93. The minimum Gasteiger partial charge on any atom is -0.481 e.